The van der Waals surface area contributed by atoms with E-state index in [1.807, 2.05) is 36.1 Å². The third kappa shape index (κ3) is 5.13. The quantitative estimate of drug-likeness (QED) is 0.674. The molecule has 0 aromatic carbocycles. The molecule has 2 atom stereocenters. The second kappa shape index (κ2) is 8.77. The number of aryl methyl sites for hydroxylation is 1. The highest BCUT2D eigenvalue weighted by Crippen LogP contribution is 2.24. The van der Waals surface area contributed by atoms with Crippen molar-refractivity contribution in [1.29, 1.82) is 0 Å². The van der Waals surface area contributed by atoms with E-state index >= 15 is 0 Å². The van der Waals surface area contributed by atoms with Gasteiger partial charge in [-0.2, -0.15) is 5.10 Å². The molecule has 144 valence electrons. The highest BCUT2D eigenvalue weighted by atomic mass is 16.4. The summed E-state index contributed by atoms with van der Waals surface area (Å²) >= 11 is 0. The molecule has 1 saturated heterocycles. The maximum absolute atomic E-state index is 12.6. The van der Waals surface area contributed by atoms with Crippen LogP contribution in [0.25, 0.3) is 0 Å². The number of amides is 1. The van der Waals surface area contributed by atoms with Crippen LogP contribution in [0.3, 0.4) is 0 Å². The summed E-state index contributed by atoms with van der Waals surface area (Å²) in [5, 5.41) is 19.6. The number of nitrogens with one attached hydrogen (secondary N) is 2. The number of pyridine rings is 1. The number of H-pyrrole nitrogens is 1. The van der Waals surface area contributed by atoms with Crippen LogP contribution in [0.4, 0.5) is 0 Å². The molecule has 27 heavy (non-hydrogen) atoms. The lowest BCUT2D eigenvalue weighted by atomic mass is 9.88. The molecule has 3 N–H and O–H groups in total. The minimum atomic E-state index is -0.860. The van der Waals surface area contributed by atoms with Crippen LogP contribution in [-0.2, 0) is 29.1 Å². The molecule has 3 heterocycles. The van der Waals surface area contributed by atoms with Crippen LogP contribution in [0.15, 0.2) is 30.5 Å². The van der Waals surface area contributed by atoms with E-state index in [1.165, 1.54) is 0 Å². The Morgan fingerprint density at radius 2 is 2.11 bits per heavy atom. The molecule has 1 fully saturated rings. The molecule has 0 unspecified atom stereocenters. The molecular formula is C19H25N5O3. The van der Waals surface area contributed by atoms with E-state index in [9.17, 15) is 14.7 Å². The number of carbonyl (C=O) groups is 2. The van der Waals surface area contributed by atoms with Crippen LogP contribution in [0, 0.1) is 11.8 Å². The van der Waals surface area contributed by atoms with Gasteiger partial charge in [0.25, 0.3) is 0 Å². The number of carbonyl (C=O) groups excluding carboxylic acids is 1. The lowest BCUT2D eigenvalue weighted by Crippen LogP contribution is -2.47. The molecule has 1 amide bonds. The molecule has 2 aromatic heterocycles. The van der Waals surface area contributed by atoms with Crippen LogP contribution < -0.4 is 5.32 Å². The largest absolute Gasteiger partial charge is 0.481 e. The predicted molar refractivity (Wildman–Crippen MR) is 98.6 cm³/mol. The number of nitrogens with zero attached hydrogens (tertiary/aromatic N) is 3. The molecule has 1 aliphatic heterocycles. The molecule has 1 aliphatic rings. The average molecular weight is 371 g/mol. The summed E-state index contributed by atoms with van der Waals surface area (Å²) in [7, 11) is 0. The Bertz CT molecular complexity index is 777. The van der Waals surface area contributed by atoms with Gasteiger partial charge in [0, 0.05) is 31.5 Å². The number of carboxylic acids is 1. The topological polar surface area (TPSA) is 111 Å². The fourth-order valence-electron chi connectivity index (χ4n) is 3.43. The van der Waals surface area contributed by atoms with Crippen molar-refractivity contribution in [3.8, 4) is 0 Å². The minimum Gasteiger partial charge on any atom is -0.481 e. The molecule has 3 rings (SSSR count). The fourth-order valence-corrected chi connectivity index (χ4v) is 3.43. The third-order valence-electron chi connectivity index (χ3n) is 4.86. The normalized spacial score (nSPS) is 20.3. The smallest absolute Gasteiger partial charge is 0.307 e. The summed E-state index contributed by atoms with van der Waals surface area (Å²) in [4.78, 5) is 30.4. The summed E-state index contributed by atoms with van der Waals surface area (Å²) in [5.74, 6) is -1.91. The number of hydrogen-bond acceptors (Lipinski definition) is 5. The minimum absolute atomic E-state index is 0.129. The first kappa shape index (κ1) is 19.0. The lowest BCUT2D eigenvalue weighted by molar-refractivity contribution is -0.145. The third-order valence-corrected chi connectivity index (χ3v) is 4.86. The fraction of sp³-hybridized carbons (Fsp3) is 0.474. The summed E-state index contributed by atoms with van der Waals surface area (Å²) in [6.07, 6.45) is 2.87. The van der Waals surface area contributed by atoms with Gasteiger partial charge in [-0.25, -0.2) is 0 Å². The summed E-state index contributed by atoms with van der Waals surface area (Å²) in [6.45, 7) is 3.89. The monoisotopic (exact) mass is 371 g/mol. The van der Waals surface area contributed by atoms with Crippen LogP contribution in [-0.4, -0.2) is 50.2 Å². The zero-order valence-electron chi connectivity index (χ0n) is 15.4. The Morgan fingerprint density at radius 3 is 2.78 bits per heavy atom. The molecule has 0 saturated carbocycles. The van der Waals surface area contributed by atoms with E-state index in [4.69, 9.17) is 0 Å². The van der Waals surface area contributed by atoms with Crippen molar-refractivity contribution in [1.82, 2.24) is 25.4 Å². The lowest BCUT2D eigenvalue weighted by Gasteiger charge is -2.35. The standard InChI is InChI=1S/C19H25N5O3/c1-2-15-8-17(23-22-15)12-24-10-13(7-14(11-24)19(26)27)18(25)21-9-16-5-3-4-6-20-16/h3-6,8,13-14H,2,7,9-12H2,1H3,(H,21,25)(H,22,23)(H,26,27)/t13-,14+/m1/s1. The zero-order valence-corrected chi connectivity index (χ0v) is 15.4. The number of likely N-dealkylation sites (tertiary alicyclic amines) is 1. The maximum atomic E-state index is 12.6. The van der Waals surface area contributed by atoms with Crippen molar-refractivity contribution in [2.24, 2.45) is 11.8 Å². The maximum Gasteiger partial charge on any atom is 0.307 e. The van der Waals surface area contributed by atoms with Gasteiger partial charge in [-0.3, -0.25) is 24.6 Å². The highest BCUT2D eigenvalue weighted by Gasteiger charge is 2.35. The molecule has 8 heteroatoms. The SMILES string of the molecule is CCc1cc(CN2C[C@@H](C(=O)O)C[C@@H](C(=O)NCc3ccccn3)C2)[nH]n1. The molecule has 0 bridgehead atoms. The Labute approximate surface area is 158 Å². The first-order valence-electron chi connectivity index (χ1n) is 9.21. The van der Waals surface area contributed by atoms with Gasteiger partial charge in [0.1, 0.15) is 0 Å². The van der Waals surface area contributed by atoms with Crippen molar-refractivity contribution in [3.05, 3.63) is 47.5 Å². The molecule has 2 aromatic rings. The number of aromatic nitrogens is 3. The predicted octanol–water partition coefficient (Wildman–Crippen LogP) is 1.21. The average Bonchev–Trinajstić information content (AvgIpc) is 3.14. The van der Waals surface area contributed by atoms with Gasteiger partial charge < -0.3 is 10.4 Å². The number of piperidine rings is 1. The Kier molecular flexibility index (Phi) is 6.18. The summed E-state index contributed by atoms with van der Waals surface area (Å²) < 4.78 is 0. The van der Waals surface area contributed by atoms with Crippen molar-refractivity contribution in [3.63, 3.8) is 0 Å². The number of aromatic amines is 1. The summed E-state index contributed by atoms with van der Waals surface area (Å²) in [6, 6.07) is 7.52. The summed E-state index contributed by atoms with van der Waals surface area (Å²) in [5.41, 5.74) is 2.69. The van der Waals surface area contributed by atoms with Crippen molar-refractivity contribution >= 4 is 11.9 Å². The first-order valence-corrected chi connectivity index (χ1v) is 9.21. The first-order chi connectivity index (χ1) is 13.0. The second-order valence-electron chi connectivity index (χ2n) is 6.94. The molecule has 0 aliphatic carbocycles. The van der Waals surface area contributed by atoms with E-state index in [0.717, 1.165) is 23.5 Å². The second-order valence-corrected chi connectivity index (χ2v) is 6.94. The Balaban J connectivity index is 1.62. The van der Waals surface area contributed by atoms with E-state index in [2.05, 4.69) is 20.5 Å². The van der Waals surface area contributed by atoms with Gasteiger partial charge in [-0.1, -0.05) is 13.0 Å². The number of carboxylic acid groups (broad SMARTS) is 1. The van der Waals surface area contributed by atoms with Crippen molar-refractivity contribution in [2.45, 2.75) is 32.9 Å². The van der Waals surface area contributed by atoms with Gasteiger partial charge in [0.15, 0.2) is 0 Å². The van der Waals surface area contributed by atoms with E-state index in [-0.39, 0.29) is 11.8 Å². The van der Waals surface area contributed by atoms with E-state index < -0.39 is 11.9 Å². The number of rotatable bonds is 7. The van der Waals surface area contributed by atoms with Crippen molar-refractivity contribution < 1.29 is 14.7 Å². The van der Waals surface area contributed by atoms with Gasteiger partial charge in [-0.05, 0) is 31.0 Å². The highest BCUT2D eigenvalue weighted by molar-refractivity contribution is 5.80. The van der Waals surface area contributed by atoms with E-state index in [0.29, 0.717) is 32.6 Å². The molecular weight excluding hydrogens is 346 g/mol. The van der Waals surface area contributed by atoms with Gasteiger partial charge in [0.2, 0.25) is 5.91 Å². The van der Waals surface area contributed by atoms with Gasteiger partial charge in [-0.15, -0.1) is 0 Å². The van der Waals surface area contributed by atoms with E-state index in [1.54, 1.807) is 6.20 Å². The Hall–Kier alpha value is -2.74. The number of hydrogen-bond donors (Lipinski definition) is 3. The Morgan fingerprint density at radius 1 is 1.30 bits per heavy atom. The number of aliphatic carboxylic acids is 1. The van der Waals surface area contributed by atoms with Crippen LogP contribution >= 0.6 is 0 Å². The van der Waals surface area contributed by atoms with Crippen LogP contribution in [0.2, 0.25) is 0 Å². The van der Waals surface area contributed by atoms with Gasteiger partial charge in [0.05, 0.1) is 29.8 Å². The van der Waals surface area contributed by atoms with Crippen LogP contribution in [0.1, 0.15) is 30.4 Å². The van der Waals surface area contributed by atoms with Crippen molar-refractivity contribution in [2.75, 3.05) is 13.1 Å². The zero-order chi connectivity index (χ0) is 19.2. The molecule has 0 radical (unpaired) electrons. The van der Waals surface area contributed by atoms with Crippen LogP contribution in [0.5, 0.6) is 0 Å². The molecule has 8 nitrogen and oxygen atoms in total. The molecule has 0 spiro atoms. The van der Waals surface area contributed by atoms with Gasteiger partial charge >= 0.3 is 5.97 Å².